The Morgan fingerprint density at radius 1 is 1.24 bits per heavy atom. The van der Waals surface area contributed by atoms with Gasteiger partial charge in [-0.15, -0.1) is 0 Å². The van der Waals surface area contributed by atoms with Crippen LogP contribution in [-0.4, -0.2) is 43.0 Å². The lowest BCUT2D eigenvalue weighted by atomic mass is 10.2. The predicted octanol–water partition coefficient (Wildman–Crippen LogP) is 1.56. The molecule has 0 saturated carbocycles. The maximum absolute atomic E-state index is 12.7. The minimum absolute atomic E-state index is 0.0726. The number of nitrogens with one attached hydrogen (secondary N) is 1. The van der Waals surface area contributed by atoms with Gasteiger partial charge in [-0.2, -0.15) is 4.98 Å². The molecule has 10 heteroatoms. The van der Waals surface area contributed by atoms with E-state index in [0.29, 0.717) is 31.1 Å². The van der Waals surface area contributed by atoms with Gasteiger partial charge >= 0.3 is 0 Å². The van der Waals surface area contributed by atoms with Gasteiger partial charge in [-0.1, -0.05) is 5.16 Å². The van der Waals surface area contributed by atoms with Crippen molar-refractivity contribution in [2.45, 2.75) is 24.2 Å². The van der Waals surface area contributed by atoms with Crippen LogP contribution in [0.25, 0.3) is 11.4 Å². The molecule has 0 aliphatic carbocycles. The first-order chi connectivity index (χ1) is 14.0. The number of pyridine rings is 1. The van der Waals surface area contributed by atoms with Gasteiger partial charge < -0.3 is 9.42 Å². The summed E-state index contributed by atoms with van der Waals surface area (Å²) in [5, 5.41) is 3.94. The van der Waals surface area contributed by atoms with Gasteiger partial charge in [0.05, 0.1) is 4.90 Å². The number of amides is 1. The number of carbonyl (C=O) groups excluding carboxylic acids is 1. The van der Waals surface area contributed by atoms with Crippen LogP contribution < -0.4 is 9.62 Å². The molecule has 9 nitrogen and oxygen atoms in total. The molecule has 0 spiro atoms. The van der Waals surface area contributed by atoms with Crippen molar-refractivity contribution in [3.63, 3.8) is 0 Å². The molecule has 2 aromatic heterocycles. The van der Waals surface area contributed by atoms with Crippen LogP contribution in [0.2, 0.25) is 0 Å². The molecule has 29 heavy (non-hydrogen) atoms. The van der Waals surface area contributed by atoms with Gasteiger partial charge in [0, 0.05) is 43.0 Å². The van der Waals surface area contributed by atoms with Crippen LogP contribution in [0.4, 0.5) is 5.69 Å². The number of anilines is 1. The SMILES string of the molecule is CNS(=O)(=O)c1ccc2c(c1)CCN2C(=O)CCc1nc(-c2ccncc2)no1. The van der Waals surface area contributed by atoms with E-state index in [1.54, 1.807) is 41.6 Å². The van der Waals surface area contributed by atoms with E-state index in [9.17, 15) is 13.2 Å². The second kappa shape index (κ2) is 7.72. The standard InChI is InChI=1S/C19H19N5O4S/c1-20-29(26,27)15-2-3-16-14(12-15)8-11-24(16)18(25)5-4-17-22-19(23-28-17)13-6-9-21-10-7-13/h2-3,6-7,9-10,12,20H,4-5,8,11H2,1H3. The maximum atomic E-state index is 12.7. The first-order valence-corrected chi connectivity index (χ1v) is 10.6. The number of fused-ring (bicyclic) bond motifs is 1. The van der Waals surface area contributed by atoms with Crippen molar-refractivity contribution in [2.75, 3.05) is 18.5 Å². The highest BCUT2D eigenvalue weighted by Gasteiger charge is 2.26. The summed E-state index contributed by atoms with van der Waals surface area (Å²) >= 11 is 0. The number of aromatic nitrogens is 3. The summed E-state index contributed by atoms with van der Waals surface area (Å²) in [5.41, 5.74) is 2.38. The summed E-state index contributed by atoms with van der Waals surface area (Å²) in [5.74, 6) is 0.774. The number of benzene rings is 1. The van der Waals surface area contributed by atoms with E-state index >= 15 is 0 Å². The molecule has 0 radical (unpaired) electrons. The normalized spacial score (nSPS) is 13.5. The number of rotatable bonds is 6. The Balaban J connectivity index is 1.43. The van der Waals surface area contributed by atoms with E-state index in [1.807, 2.05) is 0 Å². The number of carbonyl (C=O) groups is 1. The molecule has 1 aliphatic heterocycles. The fourth-order valence-corrected chi connectivity index (χ4v) is 4.03. The molecule has 0 saturated heterocycles. The molecule has 1 N–H and O–H groups in total. The highest BCUT2D eigenvalue weighted by atomic mass is 32.2. The summed E-state index contributed by atoms with van der Waals surface area (Å²) in [7, 11) is -2.14. The van der Waals surface area contributed by atoms with Crippen molar-refractivity contribution in [2.24, 2.45) is 0 Å². The Morgan fingerprint density at radius 3 is 2.79 bits per heavy atom. The zero-order chi connectivity index (χ0) is 20.4. The average molecular weight is 413 g/mol. The summed E-state index contributed by atoms with van der Waals surface area (Å²) in [6.07, 6.45) is 4.45. The third-order valence-electron chi connectivity index (χ3n) is 4.79. The van der Waals surface area contributed by atoms with E-state index in [0.717, 1.165) is 16.8 Å². The number of sulfonamides is 1. The molecule has 1 aliphatic rings. The van der Waals surface area contributed by atoms with Crippen molar-refractivity contribution >= 4 is 21.6 Å². The van der Waals surface area contributed by atoms with Crippen LogP contribution >= 0.6 is 0 Å². The molecule has 0 atom stereocenters. The number of nitrogens with zero attached hydrogens (tertiary/aromatic N) is 4. The lowest BCUT2D eigenvalue weighted by Gasteiger charge is -2.17. The van der Waals surface area contributed by atoms with E-state index in [2.05, 4.69) is 19.8 Å². The molecule has 0 unspecified atom stereocenters. The minimum atomic E-state index is -3.51. The Labute approximate surface area is 167 Å². The number of aryl methyl sites for hydroxylation is 1. The highest BCUT2D eigenvalue weighted by molar-refractivity contribution is 7.89. The molecular formula is C19H19N5O4S. The molecule has 3 heterocycles. The highest BCUT2D eigenvalue weighted by Crippen LogP contribution is 2.30. The van der Waals surface area contributed by atoms with Gasteiger partial charge in [-0.3, -0.25) is 9.78 Å². The fraction of sp³-hybridized carbons (Fsp3) is 0.263. The van der Waals surface area contributed by atoms with Gasteiger partial charge in [0.15, 0.2) is 0 Å². The third kappa shape index (κ3) is 3.89. The van der Waals surface area contributed by atoms with Crippen LogP contribution in [0.5, 0.6) is 0 Å². The Kier molecular flexibility index (Phi) is 5.12. The van der Waals surface area contributed by atoms with Crippen LogP contribution in [0, 0.1) is 0 Å². The first kappa shape index (κ1) is 19.2. The lowest BCUT2D eigenvalue weighted by Crippen LogP contribution is -2.29. The summed E-state index contributed by atoms with van der Waals surface area (Å²) in [4.78, 5) is 22.8. The van der Waals surface area contributed by atoms with Crippen LogP contribution in [0.15, 0.2) is 52.1 Å². The molecular weight excluding hydrogens is 394 g/mol. The zero-order valence-corrected chi connectivity index (χ0v) is 16.5. The molecule has 4 rings (SSSR count). The molecule has 3 aromatic rings. The molecule has 0 bridgehead atoms. The first-order valence-electron chi connectivity index (χ1n) is 9.08. The van der Waals surface area contributed by atoms with Crippen LogP contribution in [-0.2, 0) is 27.7 Å². The number of hydrogen-bond donors (Lipinski definition) is 1. The molecule has 150 valence electrons. The largest absolute Gasteiger partial charge is 0.339 e. The summed E-state index contributed by atoms with van der Waals surface area (Å²) in [6.45, 7) is 0.517. The average Bonchev–Trinajstić information content (AvgIpc) is 3.39. The van der Waals surface area contributed by atoms with Crippen molar-refractivity contribution < 1.29 is 17.7 Å². The van der Waals surface area contributed by atoms with E-state index in [1.165, 1.54) is 13.1 Å². The molecule has 1 aromatic carbocycles. The topological polar surface area (TPSA) is 118 Å². The smallest absolute Gasteiger partial charge is 0.240 e. The van der Waals surface area contributed by atoms with E-state index in [-0.39, 0.29) is 17.2 Å². The lowest BCUT2D eigenvalue weighted by molar-refractivity contribution is -0.118. The summed E-state index contributed by atoms with van der Waals surface area (Å²) < 4.78 is 31.5. The maximum Gasteiger partial charge on any atom is 0.240 e. The Hall–Kier alpha value is -3.11. The van der Waals surface area contributed by atoms with Crippen LogP contribution in [0.3, 0.4) is 0 Å². The number of hydrogen-bond acceptors (Lipinski definition) is 7. The fourth-order valence-electron chi connectivity index (χ4n) is 3.25. The summed E-state index contributed by atoms with van der Waals surface area (Å²) in [6, 6.07) is 8.37. The molecule has 1 amide bonds. The zero-order valence-electron chi connectivity index (χ0n) is 15.7. The second-order valence-electron chi connectivity index (χ2n) is 6.54. The minimum Gasteiger partial charge on any atom is -0.339 e. The van der Waals surface area contributed by atoms with Gasteiger partial charge in [-0.25, -0.2) is 13.1 Å². The Bertz CT molecular complexity index is 1140. The van der Waals surface area contributed by atoms with Gasteiger partial charge in [0.25, 0.3) is 0 Å². The van der Waals surface area contributed by atoms with Crippen molar-refractivity contribution in [3.05, 3.63) is 54.2 Å². The quantitative estimate of drug-likeness (QED) is 0.651. The van der Waals surface area contributed by atoms with Crippen molar-refractivity contribution in [1.82, 2.24) is 19.8 Å². The monoisotopic (exact) mass is 413 g/mol. The second-order valence-corrected chi connectivity index (χ2v) is 8.43. The van der Waals surface area contributed by atoms with Crippen molar-refractivity contribution in [1.29, 1.82) is 0 Å². The predicted molar refractivity (Wildman–Crippen MR) is 105 cm³/mol. The Morgan fingerprint density at radius 2 is 2.03 bits per heavy atom. The van der Waals surface area contributed by atoms with Gasteiger partial charge in [0.2, 0.25) is 27.6 Å². The van der Waals surface area contributed by atoms with E-state index < -0.39 is 10.0 Å². The van der Waals surface area contributed by atoms with Gasteiger partial charge in [-0.05, 0) is 49.4 Å². The van der Waals surface area contributed by atoms with Crippen LogP contribution in [0.1, 0.15) is 17.9 Å². The van der Waals surface area contributed by atoms with Gasteiger partial charge in [0.1, 0.15) is 0 Å². The van der Waals surface area contributed by atoms with Crippen molar-refractivity contribution in [3.8, 4) is 11.4 Å². The molecule has 0 fully saturated rings. The third-order valence-corrected chi connectivity index (χ3v) is 6.20. The van der Waals surface area contributed by atoms with E-state index in [4.69, 9.17) is 4.52 Å².